The van der Waals surface area contributed by atoms with E-state index in [1.807, 2.05) is 0 Å². The largest absolute Gasteiger partial charge is 0.462 e. The molecule has 6 heteroatoms. The minimum Gasteiger partial charge on any atom is -0.462 e. The molecule has 0 heterocycles. The lowest BCUT2D eigenvalue weighted by Gasteiger charge is -2.18. The van der Waals surface area contributed by atoms with Crippen molar-refractivity contribution < 1.29 is 28.6 Å². The average Bonchev–Trinajstić information content (AvgIpc) is 3.45. The Morgan fingerprint density at radius 2 is 0.494 bits per heavy atom. The fourth-order valence-corrected chi connectivity index (χ4v) is 9.09. The van der Waals surface area contributed by atoms with Gasteiger partial charge < -0.3 is 14.2 Å². The van der Waals surface area contributed by atoms with Gasteiger partial charge in [0.15, 0.2) is 6.10 Å². The molecule has 1 unspecified atom stereocenters. The maximum absolute atomic E-state index is 12.9. The topological polar surface area (TPSA) is 78.9 Å². The minimum absolute atomic E-state index is 0.0915. The second-order valence-electron chi connectivity index (χ2n) is 21.6. The van der Waals surface area contributed by atoms with Crippen molar-refractivity contribution in [3.63, 3.8) is 0 Å². The van der Waals surface area contributed by atoms with E-state index in [0.717, 1.165) is 128 Å². The third-order valence-electron chi connectivity index (χ3n) is 14.0. The molecule has 0 saturated carbocycles. The third-order valence-corrected chi connectivity index (χ3v) is 14.0. The molecule has 0 bridgehead atoms. The molecule has 0 rings (SSSR count). The van der Waals surface area contributed by atoms with E-state index >= 15 is 0 Å². The predicted octanol–water partition coefficient (Wildman–Crippen LogP) is 22.8. The number of esters is 3. The van der Waals surface area contributed by atoms with E-state index in [-0.39, 0.29) is 37.5 Å². The van der Waals surface area contributed by atoms with Crippen LogP contribution in [0.2, 0.25) is 0 Å². The summed E-state index contributed by atoms with van der Waals surface area (Å²) in [6.07, 6.45) is 92.0. The van der Waals surface area contributed by atoms with Crippen molar-refractivity contribution in [2.24, 2.45) is 0 Å². The quantitative estimate of drug-likeness (QED) is 0.0261. The Hall–Kier alpha value is -4.19. The van der Waals surface area contributed by atoms with Gasteiger partial charge >= 0.3 is 17.9 Å². The average molecular weight is 1100 g/mol. The van der Waals surface area contributed by atoms with Crippen LogP contribution in [-0.4, -0.2) is 37.2 Å². The first-order valence-corrected chi connectivity index (χ1v) is 33.0. The molecule has 0 radical (unpaired) electrons. The minimum atomic E-state index is -0.799. The molecule has 79 heavy (non-hydrogen) atoms. The molecule has 0 aromatic carbocycles. The molecule has 0 aliphatic rings. The van der Waals surface area contributed by atoms with Crippen LogP contribution in [0.1, 0.15) is 303 Å². The molecule has 0 N–H and O–H groups in total. The van der Waals surface area contributed by atoms with Crippen molar-refractivity contribution in [3.8, 4) is 0 Å². The summed E-state index contributed by atoms with van der Waals surface area (Å²) in [5.74, 6) is -0.918. The first-order chi connectivity index (χ1) is 39.0. The summed E-state index contributed by atoms with van der Waals surface area (Å²) in [7, 11) is 0. The molecule has 0 aliphatic carbocycles. The van der Waals surface area contributed by atoms with Gasteiger partial charge in [0, 0.05) is 19.3 Å². The second kappa shape index (κ2) is 66.3. The summed E-state index contributed by atoms with van der Waals surface area (Å²) in [5.41, 5.74) is 0. The van der Waals surface area contributed by atoms with Gasteiger partial charge in [-0.15, -0.1) is 0 Å². The Morgan fingerprint density at radius 3 is 0.785 bits per heavy atom. The molecule has 0 amide bonds. The number of rotatable bonds is 59. The molecule has 1 atom stereocenters. The number of hydrogen-bond donors (Lipinski definition) is 0. The zero-order valence-corrected chi connectivity index (χ0v) is 51.6. The van der Waals surface area contributed by atoms with Gasteiger partial charge in [-0.05, 0) is 109 Å². The van der Waals surface area contributed by atoms with Crippen LogP contribution in [0.15, 0.2) is 122 Å². The van der Waals surface area contributed by atoms with Crippen LogP contribution in [0, 0.1) is 0 Å². The first kappa shape index (κ1) is 74.8. The Balaban J connectivity index is 4.38. The lowest BCUT2D eigenvalue weighted by Crippen LogP contribution is -2.30. The van der Waals surface area contributed by atoms with Crippen LogP contribution in [-0.2, 0) is 28.6 Å². The number of allylic oxidation sites excluding steroid dienone is 20. The van der Waals surface area contributed by atoms with E-state index in [1.165, 1.54) is 135 Å². The fraction of sp³-hybridized carbons (Fsp3) is 0.685. The summed E-state index contributed by atoms with van der Waals surface area (Å²) in [6, 6.07) is 0. The van der Waals surface area contributed by atoms with Gasteiger partial charge in [-0.3, -0.25) is 14.4 Å². The number of hydrogen-bond acceptors (Lipinski definition) is 6. The number of carbonyl (C=O) groups excluding carboxylic acids is 3. The summed E-state index contributed by atoms with van der Waals surface area (Å²) >= 11 is 0. The molecular weight excluding hydrogens is 973 g/mol. The zero-order chi connectivity index (χ0) is 57.1. The van der Waals surface area contributed by atoms with Gasteiger partial charge in [0.25, 0.3) is 0 Å². The van der Waals surface area contributed by atoms with E-state index in [1.54, 1.807) is 0 Å². The summed E-state index contributed by atoms with van der Waals surface area (Å²) in [4.78, 5) is 38.4. The highest BCUT2D eigenvalue weighted by Crippen LogP contribution is 2.16. The highest BCUT2D eigenvalue weighted by Gasteiger charge is 2.19. The van der Waals surface area contributed by atoms with Crippen LogP contribution in [0.25, 0.3) is 0 Å². The summed E-state index contributed by atoms with van der Waals surface area (Å²) in [5, 5.41) is 0. The third kappa shape index (κ3) is 64.5. The summed E-state index contributed by atoms with van der Waals surface area (Å²) in [6.45, 7) is 6.41. The van der Waals surface area contributed by atoms with Crippen LogP contribution < -0.4 is 0 Å². The molecule has 0 spiro atoms. The van der Waals surface area contributed by atoms with Crippen molar-refractivity contribution in [1.29, 1.82) is 0 Å². The van der Waals surface area contributed by atoms with Crippen molar-refractivity contribution in [1.82, 2.24) is 0 Å². The normalized spacial score (nSPS) is 12.9. The van der Waals surface area contributed by atoms with E-state index in [9.17, 15) is 14.4 Å². The van der Waals surface area contributed by atoms with Gasteiger partial charge in [-0.2, -0.15) is 0 Å². The Kier molecular flexibility index (Phi) is 62.8. The SMILES string of the molecule is CC/C=C\C/C=C\C/C=C\C/C=C\C/C=C\CCCCCCCCCCCCCC(=O)OCC(COC(=O)CCCCCCCCCCCCCCCCC)OC(=O)CCCCC/C=C\C/C=C\C/C=C\C/C=C\C/C=C\CC. The molecule has 0 aliphatic heterocycles. The molecule has 0 aromatic heterocycles. The predicted molar refractivity (Wildman–Crippen MR) is 343 cm³/mol. The van der Waals surface area contributed by atoms with Crippen LogP contribution in [0.3, 0.4) is 0 Å². The maximum Gasteiger partial charge on any atom is 0.306 e. The summed E-state index contributed by atoms with van der Waals surface area (Å²) < 4.78 is 16.9. The lowest BCUT2D eigenvalue weighted by molar-refractivity contribution is -0.167. The number of unbranched alkanes of at least 4 members (excludes halogenated alkanes) is 28. The molecule has 6 nitrogen and oxygen atoms in total. The second-order valence-corrected chi connectivity index (χ2v) is 21.6. The van der Waals surface area contributed by atoms with E-state index in [0.29, 0.717) is 12.8 Å². The Labute approximate surface area is 488 Å². The lowest BCUT2D eigenvalue weighted by atomic mass is 10.0. The standard InChI is InChI=1S/C73H122O6/c1-4-7-10-13-16-19-22-25-28-30-32-33-34-35-36-37-38-39-41-42-45-48-51-54-57-60-63-66-72(75)78-69-70(68-77-71(74)65-62-59-56-53-50-47-44-27-24-21-18-15-12-9-6-3)79-73(76)67-64-61-58-55-52-49-46-43-40-31-29-26-23-20-17-14-11-8-5-2/h7-8,10-11,16-17,19-20,25-26,28-29,32-33,35-36,40,43,49,52,70H,4-6,9,12-15,18,21-24,27,30-31,34,37-39,41-42,44-48,50-51,53-69H2,1-3H3/b10-7-,11-8-,19-16-,20-17-,28-25-,29-26-,33-32-,36-35-,43-40-,52-49-. The van der Waals surface area contributed by atoms with Gasteiger partial charge in [-0.25, -0.2) is 0 Å². The van der Waals surface area contributed by atoms with Crippen molar-refractivity contribution in [2.75, 3.05) is 13.2 Å². The van der Waals surface area contributed by atoms with Crippen LogP contribution in [0.4, 0.5) is 0 Å². The van der Waals surface area contributed by atoms with Gasteiger partial charge in [0.1, 0.15) is 13.2 Å². The smallest absolute Gasteiger partial charge is 0.306 e. The van der Waals surface area contributed by atoms with E-state index in [4.69, 9.17) is 14.2 Å². The highest BCUT2D eigenvalue weighted by atomic mass is 16.6. The molecule has 0 aromatic rings. The van der Waals surface area contributed by atoms with Gasteiger partial charge in [0.05, 0.1) is 0 Å². The molecule has 0 saturated heterocycles. The van der Waals surface area contributed by atoms with Crippen LogP contribution in [0.5, 0.6) is 0 Å². The van der Waals surface area contributed by atoms with Crippen molar-refractivity contribution in [3.05, 3.63) is 122 Å². The van der Waals surface area contributed by atoms with E-state index < -0.39 is 6.10 Å². The number of carbonyl (C=O) groups is 3. The van der Waals surface area contributed by atoms with Gasteiger partial charge in [-0.1, -0.05) is 296 Å². The number of ether oxygens (including phenoxy) is 3. The Bertz CT molecular complexity index is 1640. The Morgan fingerprint density at radius 1 is 0.266 bits per heavy atom. The maximum atomic E-state index is 12.9. The fourth-order valence-electron chi connectivity index (χ4n) is 9.09. The van der Waals surface area contributed by atoms with E-state index in [2.05, 4.69) is 142 Å². The molecule has 0 fully saturated rings. The van der Waals surface area contributed by atoms with Gasteiger partial charge in [0.2, 0.25) is 0 Å². The first-order valence-electron chi connectivity index (χ1n) is 33.0. The zero-order valence-electron chi connectivity index (χ0n) is 51.6. The molecular formula is C73H122O6. The van der Waals surface area contributed by atoms with Crippen molar-refractivity contribution in [2.45, 2.75) is 309 Å². The molecule has 450 valence electrons. The highest BCUT2D eigenvalue weighted by molar-refractivity contribution is 5.71. The van der Waals surface area contributed by atoms with Crippen molar-refractivity contribution >= 4 is 17.9 Å². The van der Waals surface area contributed by atoms with Crippen LogP contribution >= 0.6 is 0 Å². The monoisotopic (exact) mass is 1090 g/mol.